The maximum Gasteiger partial charge on any atom is 0.249 e. The number of aromatic nitrogens is 1. The molecule has 1 N–H and O–H groups in total. The Morgan fingerprint density at radius 2 is 2.00 bits per heavy atom. The molecule has 1 aliphatic heterocycles. The third-order valence-electron chi connectivity index (χ3n) is 7.33. The van der Waals surface area contributed by atoms with Gasteiger partial charge >= 0.3 is 0 Å². The van der Waals surface area contributed by atoms with E-state index in [1.165, 1.54) is 0 Å². The maximum atomic E-state index is 13.3. The quantitative estimate of drug-likeness (QED) is 0.445. The Kier molecular flexibility index (Phi) is 6.77. The summed E-state index contributed by atoms with van der Waals surface area (Å²) in [5.74, 6) is 1.45. The van der Waals surface area contributed by atoms with Crippen LogP contribution in [0.4, 0.5) is 0 Å². The van der Waals surface area contributed by atoms with Gasteiger partial charge in [-0.1, -0.05) is 31.2 Å². The van der Waals surface area contributed by atoms with Gasteiger partial charge in [-0.2, -0.15) is 0 Å². The first-order valence-corrected chi connectivity index (χ1v) is 12.5. The molecule has 2 aromatic heterocycles. The molecule has 34 heavy (non-hydrogen) atoms. The van der Waals surface area contributed by atoms with Gasteiger partial charge in [0.25, 0.3) is 0 Å². The fourth-order valence-electron chi connectivity index (χ4n) is 5.41. The molecule has 1 saturated heterocycles. The van der Waals surface area contributed by atoms with E-state index in [9.17, 15) is 9.59 Å². The van der Waals surface area contributed by atoms with Crippen molar-refractivity contribution in [2.45, 2.75) is 64.0 Å². The number of furan rings is 1. The summed E-state index contributed by atoms with van der Waals surface area (Å²) in [6.45, 7) is 2.77. The van der Waals surface area contributed by atoms with Crippen LogP contribution < -0.4 is 5.32 Å². The van der Waals surface area contributed by atoms with Gasteiger partial charge in [0.2, 0.25) is 5.91 Å². The van der Waals surface area contributed by atoms with Gasteiger partial charge in [-0.3, -0.25) is 14.6 Å². The number of ether oxygens (including phenoxy) is 1. The second kappa shape index (κ2) is 10.1. The number of fused-ring (bicyclic) bond motifs is 1. The molecule has 1 saturated carbocycles. The van der Waals surface area contributed by atoms with Gasteiger partial charge in [-0.25, -0.2) is 0 Å². The van der Waals surface area contributed by atoms with Crippen molar-refractivity contribution < 1.29 is 18.7 Å². The summed E-state index contributed by atoms with van der Waals surface area (Å²) in [6.07, 6.45) is 7.93. The second-order valence-electron chi connectivity index (χ2n) is 9.67. The summed E-state index contributed by atoms with van der Waals surface area (Å²) >= 11 is 0. The van der Waals surface area contributed by atoms with Crippen LogP contribution in [0.2, 0.25) is 0 Å². The number of rotatable bonds is 8. The minimum absolute atomic E-state index is 0.00105. The minimum atomic E-state index is -0.275. The summed E-state index contributed by atoms with van der Waals surface area (Å²) < 4.78 is 11.4. The average Bonchev–Trinajstić information content (AvgIpc) is 3.63. The third-order valence-corrected chi connectivity index (χ3v) is 7.33. The number of benzene rings is 1. The Balaban J connectivity index is 1.18. The van der Waals surface area contributed by atoms with E-state index >= 15 is 0 Å². The van der Waals surface area contributed by atoms with Crippen LogP contribution in [0.25, 0.3) is 22.4 Å². The first kappa shape index (κ1) is 22.8. The van der Waals surface area contributed by atoms with Crippen LogP contribution in [0.3, 0.4) is 0 Å². The van der Waals surface area contributed by atoms with E-state index < -0.39 is 0 Å². The lowest BCUT2D eigenvalue weighted by molar-refractivity contribution is -0.130. The molecule has 4 atom stereocenters. The Morgan fingerprint density at radius 3 is 2.74 bits per heavy atom. The average molecular weight is 461 g/mol. The van der Waals surface area contributed by atoms with E-state index in [-0.39, 0.29) is 29.8 Å². The van der Waals surface area contributed by atoms with E-state index in [4.69, 9.17) is 9.15 Å². The SMILES string of the molecule is CCC(C[C@@H]1CC[C@H](NC(=O)[C@@H]2CCCO2)C1)C(=O)c1ccc(-c2cc3ncccc3o2)cc1. The molecule has 3 heterocycles. The highest BCUT2D eigenvalue weighted by Gasteiger charge is 2.32. The van der Waals surface area contributed by atoms with Crippen molar-refractivity contribution in [2.24, 2.45) is 11.8 Å². The van der Waals surface area contributed by atoms with Crippen LogP contribution >= 0.6 is 0 Å². The molecule has 6 nitrogen and oxygen atoms in total. The number of hydrogen-bond donors (Lipinski definition) is 1. The molecule has 178 valence electrons. The van der Waals surface area contributed by atoms with Crippen LogP contribution in [-0.4, -0.2) is 35.4 Å². The summed E-state index contributed by atoms with van der Waals surface area (Å²) in [5.41, 5.74) is 3.25. The third kappa shape index (κ3) is 4.92. The molecule has 1 aromatic carbocycles. The van der Waals surface area contributed by atoms with Gasteiger partial charge in [-0.15, -0.1) is 0 Å². The number of amides is 1. The van der Waals surface area contributed by atoms with Crippen molar-refractivity contribution in [1.82, 2.24) is 10.3 Å². The topological polar surface area (TPSA) is 81.4 Å². The van der Waals surface area contributed by atoms with Crippen molar-refractivity contribution in [1.29, 1.82) is 0 Å². The molecule has 1 unspecified atom stereocenters. The molecule has 1 aliphatic carbocycles. The Morgan fingerprint density at radius 1 is 1.15 bits per heavy atom. The van der Waals surface area contributed by atoms with Crippen molar-refractivity contribution >= 4 is 22.8 Å². The lowest BCUT2D eigenvalue weighted by Gasteiger charge is -2.19. The van der Waals surface area contributed by atoms with Crippen LogP contribution in [0, 0.1) is 11.8 Å². The number of ketones is 1. The van der Waals surface area contributed by atoms with Crippen LogP contribution in [0.5, 0.6) is 0 Å². The highest BCUT2D eigenvalue weighted by Crippen LogP contribution is 2.34. The molecule has 0 bridgehead atoms. The number of pyridine rings is 1. The molecular weight excluding hydrogens is 428 g/mol. The summed E-state index contributed by atoms with van der Waals surface area (Å²) in [5, 5.41) is 3.17. The van der Waals surface area contributed by atoms with E-state index in [1.807, 2.05) is 42.5 Å². The number of carbonyl (C=O) groups is 2. The number of nitrogens with zero attached hydrogens (tertiary/aromatic N) is 1. The number of hydrogen-bond acceptors (Lipinski definition) is 5. The van der Waals surface area contributed by atoms with E-state index in [0.29, 0.717) is 12.5 Å². The second-order valence-corrected chi connectivity index (χ2v) is 9.67. The van der Waals surface area contributed by atoms with Gasteiger partial charge in [0.15, 0.2) is 11.4 Å². The molecular formula is C28H32N2O4. The molecule has 6 heteroatoms. The predicted octanol–water partition coefficient (Wildman–Crippen LogP) is 5.56. The van der Waals surface area contributed by atoms with Crippen molar-refractivity contribution in [3.8, 4) is 11.3 Å². The van der Waals surface area contributed by atoms with E-state index in [2.05, 4.69) is 17.2 Å². The molecule has 0 radical (unpaired) electrons. The summed E-state index contributed by atoms with van der Waals surface area (Å²) in [6, 6.07) is 13.6. The lowest BCUT2D eigenvalue weighted by atomic mass is 9.85. The van der Waals surface area contributed by atoms with Crippen LogP contribution in [-0.2, 0) is 9.53 Å². The summed E-state index contributed by atoms with van der Waals surface area (Å²) in [7, 11) is 0. The van der Waals surface area contributed by atoms with Gasteiger partial charge in [-0.05, 0) is 63.0 Å². The highest BCUT2D eigenvalue weighted by molar-refractivity contribution is 5.98. The van der Waals surface area contributed by atoms with Crippen molar-refractivity contribution in [3.05, 3.63) is 54.2 Å². The molecule has 5 rings (SSSR count). The van der Waals surface area contributed by atoms with Crippen molar-refractivity contribution in [3.63, 3.8) is 0 Å². The lowest BCUT2D eigenvalue weighted by Crippen LogP contribution is -2.40. The number of Topliss-reactive ketones (excluding diaryl/α,β-unsaturated/α-hetero) is 1. The molecule has 1 amide bonds. The Bertz CT molecular complexity index is 1110. The fourth-order valence-corrected chi connectivity index (χ4v) is 5.41. The number of nitrogens with one attached hydrogen (secondary N) is 1. The van der Waals surface area contributed by atoms with Crippen LogP contribution in [0.1, 0.15) is 62.2 Å². The van der Waals surface area contributed by atoms with Crippen molar-refractivity contribution in [2.75, 3.05) is 6.61 Å². The van der Waals surface area contributed by atoms with Gasteiger partial charge < -0.3 is 14.5 Å². The largest absolute Gasteiger partial charge is 0.454 e. The maximum absolute atomic E-state index is 13.3. The summed E-state index contributed by atoms with van der Waals surface area (Å²) in [4.78, 5) is 29.9. The Labute approximate surface area is 200 Å². The predicted molar refractivity (Wildman–Crippen MR) is 130 cm³/mol. The molecule has 2 aliphatic rings. The minimum Gasteiger partial charge on any atom is -0.454 e. The van der Waals surface area contributed by atoms with Gasteiger partial charge in [0, 0.05) is 42.0 Å². The first-order valence-electron chi connectivity index (χ1n) is 12.5. The fraction of sp³-hybridized carbons (Fsp3) is 0.464. The van der Waals surface area contributed by atoms with Gasteiger partial charge in [0.05, 0.1) is 0 Å². The molecule has 0 spiro atoms. The highest BCUT2D eigenvalue weighted by atomic mass is 16.5. The standard InChI is InChI=1S/C28H32N2O4/c1-2-19(15-18-7-12-22(16-18)30-28(32)25-6-4-14-33-25)27(31)21-10-8-20(9-11-21)26-17-23-24(34-26)5-3-13-29-23/h3,5,8-11,13,17-19,22,25H,2,4,6-7,12,14-16H2,1H3,(H,30,32)/t18-,19?,22-,25-/m0/s1. The smallest absolute Gasteiger partial charge is 0.249 e. The van der Waals surface area contributed by atoms with Gasteiger partial charge in [0.1, 0.15) is 17.4 Å². The Hall–Kier alpha value is -2.99. The number of carbonyl (C=O) groups excluding carboxylic acids is 2. The molecule has 2 fully saturated rings. The first-order chi connectivity index (χ1) is 16.6. The zero-order chi connectivity index (χ0) is 23.5. The van der Waals surface area contributed by atoms with E-state index in [0.717, 1.165) is 72.9 Å². The normalized spacial score (nSPS) is 23.3. The molecule has 3 aromatic rings. The van der Waals surface area contributed by atoms with Crippen LogP contribution in [0.15, 0.2) is 53.1 Å². The van der Waals surface area contributed by atoms with E-state index in [1.54, 1.807) is 6.20 Å². The monoisotopic (exact) mass is 460 g/mol. The zero-order valence-electron chi connectivity index (χ0n) is 19.7. The zero-order valence-corrected chi connectivity index (χ0v) is 19.7.